The fraction of sp³-hybridized carbons (Fsp3) is 0.500. The van der Waals surface area contributed by atoms with Crippen LogP contribution in [-0.2, 0) is 10.0 Å². The van der Waals surface area contributed by atoms with Crippen molar-refractivity contribution in [3.8, 4) is 5.75 Å². The molecule has 0 radical (unpaired) electrons. The van der Waals surface area contributed by atoms with E-state index in [4.69, 9.17) is 16.3 Å². The smallest absolute Gasteiger partial charge is 0.241 e. The summed E-state index contributed by atoms with van der Waals surface area (Å²) in [5.41, 5.74) is -0.453. The fourth-order valence-corrected chi connectivity index (χ4v) is 3.89. The molecule has 19 heavy (non-hydrogen) atoms. The second-order valence-corrected chi connectivity index (χ2v) is 6.98. The van der Waals surface area contributed by atoms with Gasteiger partial charge in [-0.05, 0) is 38.1 Å². The molecule has 1 atom stereocenters. The Labute approximate surface area is 118 Å². The van der Waals surface area contributed by atoms with E-state index in [0.717, 1.165) is 13.0 Å². The van der Waals surface area contributed by atoms with E-state index in [9.17, 15) is 8.42 Å². The van der Waals surface area contributed by atoms with E-state index < -0.39 is 15.6 Å². The Morgan fingerprint density at radius 2 is 2.21 bits per heavy atom. The van der Waals surface area contributed by atoms with E-state index in [1.807, 2.05) is 6.92 Å². The van der Waals surface area contributed by atoms with E-state index >= 15 is 0 Å². The van der Waals surface area contributed by atoms with E-state index in [1.54, 1.807) is 6.07 Å². The van der Waals surface area contributed by atoms with Crippen LogP contribution < -0.4 is 14.8 Å². The summed E-state index contributed by atoms with van der Waals surface area (Å²) in [5, 5.41) is 3.42. The highest BCUT2D eigenvalue weighted by atomic mass is 35.5. The maximum Gasteiger partial charge on any atom is 0.241 e. The van der Waals surface area contributed by atoms with Gasteiger partial charge in [-0.25, -0.2) is 13.1 Å². The first kappa shape index (κ1) is 14.6. The highest BCUT2D eigenvalue weighted by Crippen LogP contribution is 2.27. The number of hydrogen-bond acceptors (Lipinski definition) is 4. The lowest BCUT2D eigenvalue weighted by Crippen LogP contribution is -2.47. The molecule has 1 unspecified atom stereocenters. The summed E-state index contributed by atoms with van der Waals surface area (Å²) < 4.78 is 32.3. The van der Waals surface area contributed by atoms with Gasteiger partial charge in [0, 0.05) is 12.1 Å². The number of methoxy groups -OCH3 is 1. The summed E-state index contributed by atoms with van der Waals surface area (Å²) in [7, 11) is -2.09. The molecule has 0 spiro atoms. The lowest BCUT2D eigenvalue weighted by atomic mass is 10.0. The minimum Gasteiger partial charge on any atom is -0.495 e. The van der Waals surface area contributed by atoms with Crippen LogP contribution in [0.25, 0.3) is 0 Å². The molecule has 7 heteroatoms. The topological polar surface area (TPSA) is 67.4 Å². The third kappa shape index (κ3) is 3.20. The molecule has 1 aliphatic rings. The van der Waals surface area contributed by atoms with Gasteiger partial charge in [0.25, 0.3) is 0 Å². The van der Waals surface area contributed by atoms with Gasteiger partial charge in [-0.3, -0.25) is 0 Å². The Kier molecular flexibility index (Phi) is 4.06. The summed E-state index contributed by atoms with van der Waals surface area (Å²) in [6.07, 6.45) is 0.760. The lowest BCUT2D eigenvalue weighted by molar-refractivity contribution is 0.414. The minimum atomic E-state index is -3.58. The summed E-state index contributed by atoms with van der Waals surface area (Å²) in [6.45, 7) is 3.31. The normalized spacial score (nSPS) is 23.5. The summed E-state index contributed by atoms with van der Waals surface area (Å²) >= 11 is 5.96. The van der Waals surface area contributed by atoms with Crippen molar-refractivity contribution in [2.75, 3.05) is 20.2 Å². The lowest BCUT2D eigenvalue weighted by Gasteiger charge is -2.24. The van der Waals surface area contributed by atoms with E-state index in [-0.39, 0.29) is 9.92 Å². The molecular formula is C12H17ClN2O3S. The molecule has 1 aromatic rings. The SMILES string of the molecule is COc1ccc(S(=O)(=O)NC2(C)CCNC2)cc1Cl. The molecule has 1 aliphatic heterocycles. The van der Waals surface area contributed by atoms with Gasteiger partial charge in [0.2, 0.25) is 10.0 Å². The van der Waals surface area contributed by atoms with Crippen LogP contribution in [0.4, 0.5) is 0 Å². The number of sulfonamides is 1. The Hall–Kier alpha value is -0.820. The first-order valence-corrected chi connectivity index (χ1v) is 7.81. The molecule has 2 rings (SSSR count). The summed E-state index contributed by atoms with van der Waals surface area (Å²) in [4.78, 5) is 0.145. The second kappa shape index (κ2) is 5.28. The van der Waals surface area contributed by atoms with Gasteiger partial charge in [-0.15, -0.1) is 0 Å². The van der Waals surface area contributed by atoms with Crippen LogP contribution in [-0.4, -0.2) is 34.2 Å². The zero-order valence-corrected chi connectivity index (χ0v) is 12.4. The van der Waals surface area contributed by atoms with Crippen molar-refractivity contribution in [1.29, 1.82) is 0 Å². The van der Waals surface area contributed by atoms with Crippen molar-refractivity contribution in [3.05, 3.63) is 23.2 Å². The van der Waals surface area contributed by atoms with Gasteiger partial charge < -0.3 is 10.1 Å². The van der Waals surface area contributed by atoms with E-state index in [0.29, 0.717) is 12.3 Å². The van der Waals surface area contributed by atoms with Crippen LogP contribution in [0.1, 0.15) is 13.3 Å². The van der Waals surface area contributed by atoms with E-state index in [2.05, 4.69) is 10.0 Å². The van der Waals surface area contributed by atoms with Gasteiger partial charge >= 0.3 is 0 Å². The molecule has 1 heterocycles. The van der Waals surface area contributed by atoms with Crippen LogP contribution in [0, 0.1) is 0 Å². The largest absolute Gasteiger partial charge is 0.495 e. The molecule has 1 fully saturated rings. The molecular weight excluding hydrogens is 288 g/mol. The third-order valence-corrected chi connectivity index (χ3v) is 5.11. The van der Waals surface area contributed by atoms with Crippen LogP contribution in [0.15, 0.2) is 23.1 Å². The van der Waals surface area contributed by atoms with Crippen molar-refractivity contribution in [1.82, 2.24) is 10.0 Å². The molecule has 1 saturated heterocycles. The molecule has 2 N–H and O–H groups in total. The number of ether oxygens (including phenoxy) is 1. The average Bonchev–Trinajstić information content (AvgIpc) is 2.74. The molecule has 1 aromatic carbocycles. The minimum absolute atomic E-state index is 0.145. The van der Waals surface area contributed by atoms with Gasteiger partial charge in [-0.2, -0.15) is 0 Å². The molecule has 106 valence electrons. The monoisotopic (exact) mass is 304 g/mol. The number of hydrogen-bond donors (Lipinski definition) is 2. The van der Waals surface area contributed by atoms with E-state index in [1.165, 1.54) is 19.2 Å². The molecule has 0 amide bonds. The summed E-state index contributed by atoms with van der Waals surface area (Å²) in [6, 6.07) is 4.43. The fourth-order valence-electron chi connectivity index (χ4n) is 2.10. The molecule has 0 saturated carbocycles. The number of rotatable bonds is 4. The van der Waals surface area contributed by atoms with Gasteiger partial charge in [0.05, 0.1) is 17.0 Å². The summed E-state index contributed by atoms with van der Waals surface area (Å²) in [5.74, 6) is 0.453. The van der Waals surface area contributed by atoms with Crippen LogP contribution in [0.5, 0.6) is 5.75 Å². The average molecular weight is 305 g/mol. The molecule has 5 nitrogen and oxygen atoms in total. The van der Waals surface area contributed by atoms with Gasteiger partial charge in [0.15, 0.2) is 0 Å². The first-order chi connectivity index (χ1) is 8.86. The number of halogens is 1. The van der Waals surface area contributed by atoms with Crippen molar-refractivity contribution in [2.24, 2.45) is 0 Å². The van der Waals surface area contributed by atoms with Crippen molar-refractivity contribution < 1.29 is 13.2 Å². The van der Waals surface area contributed by atoms with Gasteiger partial charge in [0.1, 0.15) is 5.75 Å². The Morgan fingerprint density at radius 3 is 2.74 bits per heavy atom. The van der Waals surface area contributed by atoms with Gasteiger partial charge in [-0.1, -0.05) is 11.6 Å². The quantitative estimate of drug-likeness (QED) is 0.882. The second-order valence-electron chi connectivity index (χ2n) is 4.89. The number of nitrogens with one attached hydrogen (secondary N) is 2. The zero-order valence-electron chi connectivity index (χ0n) is 10.9. The predicted octanol–water partition coefficient (Wildman–Crippen LogP) is 1.38. The number of benzene rings is 1. The van der Waals surface area contributed by atoms with Crippen LogP contribution in [0.2, 0.25) is 5.02 Å². The Bertz CT molecular complexity index is 568. The maximum absolute atomic E-state index is 12.3. The zero-order chi connectivity index (χ0) is 14.1. The molecule has 0 aliphatic carbocycles. The predicted molar refractivity (Wildman–Crippen MR) is 74.2 cm³/mol. The highest BCUT2D eigenvalue weighted by Gasteiger charge is 2.33. The van der Waals surface area contributed by atoms with Crippen LogP contribution in [0.3, 0.4) is 0 Å². The van der Waals surface area contributed by atoms with Crippen molar-refractivity contribution in [2.45, 2.75) is 23.8 Å². The van der Waals surface area contributed by atoms with Crippen LogP contribution >= 0.6 is 11.6 Å². The van der Waals surface area contributed by atoms with Crippen molar-refractivity contribution in [3.63, 3.8) is 0 Å². The Balaban J connectivity index is 2.27. The molecule has 0 aromatic heterocycles. The van der Waals surface area contributed by atoms with Crippen molar-refractivity contribution >= 4 is 21.6 Å². The highest BCUT2D eigenvalue weighted by molar-refractivity contribution is 7.89. The molecule has 0 bridgehead atoms. The standard InChI is InChI=1S/C12H17ClN2O3S/c1-12(5-6-14-8-12)15-19(16,17)9-3-4-11(18-2)10(13)7-9/h3-4,7,14-15H,5-6,8H2,1-2H3. The maximum atomic E-state index is 12.3. The third-order valence-electron chi connectivity index (χ3n) is 3.18. The first-order valence-electron chi connectivity index (χ1n) is 5.95. The Morgan fingerprint density at radius 1 is 1.47 bits per heavy atom.